The summed E-state index contributed by atoms with van der Waals surface area (Å²) in [7, 11) is 0. The van der Waals surface area contributed by atoms with Crippen molar-refractivity contribution in [1.29, 1.82) is 0 Å². The average molecular weight is 1800 g/mol. The lowest BCUT2D eigenvalue weighted by Crippen LogP contribution is -2.49. The van der Waals surface area contributed by atoms with E-state index in [0.29, 0.717) is 75.9 Å². The molecule has 714 valence electrons. The largest absolute Gasteiger partial charge is 0.457 e. The van der Waals surface area contributed by atoms with Crippen molar-refractivity contribution in [3.05, 3.63) is 74.4 Å². The van der Waals surface area contributed by atoms with Crippen LogP contribution in [-0.4, -0.2) is 145 Å². The van der Waals surface area contributed by atoms with Crippen LogP contribution in [0.15, 0.2) is 74.4 Å². The van der Waals surface area contributed by atoms with Gasteiger partial charge in [-0.3, -0.25) is 0 Å². The van der Waals surface area contributed by atoms with E-state index in [1.165, 1.54) is 154 Å². The summed E-state index contributed by atoms with van der Waals surface area (Å²) in [5.74, 6) is 11.5. The summed E-state index contributed by atoms with van der Waals surface area (Å²) in [6.45, 7) is 40.2. The van der Waals surface area contributed by atoms with E-state index < -0.39 is 71.6 Å². The summed E-state index contributed by atoms with van der Waals surface area (Å²) >= 11 is 0. The van der Waals surface area contributed by atoms with E-state index in [0.717, 1.165) is 164 Å². The molecule has 129 heavy (non-hydrogen) atoms. The molecule has 0 aliphatic heterocycles. The van der Waals surface area contributed by atoms with E-state index in [1.807, 2.05) is 0 Å². The van der Waals surface area contributed by atoms with Crippen LogP contribution in [0, 0.1) is 154 Å². The molecule has 0 aromatic rings. The number of hydrogen-bond donors (Lipinski definition) is 0. The molecule has 0 radical (unpaired) electrons. The lowest BCUT2D eigenvalue weighted by atomic mass is 9.68. The Morgan fingerprint density at radius 3 is 0.775 bits per heavy atom. The first-order valence-electron chi connectivity index (χ1n) is 49.5. The molecule has 0 saturated heterocycles. The molecular weight excluding hydrogens is 1650 g/mol. The molecule has 0 aromatic heterocycles. The van der Waals surface area contributed by atoms with E-state index in [4.69, 9.17) is 56.8 Å². The first kappa shape index (κ1) is 98.6. The summed E-state index contributed by atoms with van der Waals surface area (Å²) in [4.78, 5) is 140. The van der Waals surface area contributed by atoms with Crippen LogP contribution in [0.3, 0.4) is 0 Å². The van der Waals surface area contributed by atoms with Gasteiger partial charge in [-0.15, -0.1) is 0 Å². The maximum atomic E-state index is 12.3. The Morgan fingerprint density at radius 2 is 0.512 bits per heavy atom. The van der Waals surface area contributed by atoms with Crippen LogP contribution in [0.5, 0.6) is 0 Å². The molecule has 18 fully saturated rings. The van der Waals surface area contributed by atoms with E-state index >= 15 is 0 Å². The van der Waals surface area contributed by atoms with Gasteiger partial charge >= 0.3 is 71.6 Å². The van der Waals surface area contributed by atoms with Gasteiger partial charge in [-0.25, -0.2) is 57.5 Å². The normalized spacial score (nSPS) is 39.3. The molecule has 24 nitrogen and oxygen atoms in total. The van der Waals surface area contributed by atoms with Crippen LogP contribution >= 0.6 is 0 Å². The zero-order valence-electron chi connectivity index (χ0n) is 79.2. The molecule has 12 bridgehead atoms. The van der Waals surface area contributed by atoms with Gasteiger partial charge < -0.3 is 56.8 Å². The summed E-state index contributed by atoms with van der Waals surface area (Å²) in [5, 5.41) is 0. The SMILES string of the molecule is C=C(C)C(=O)OCC(=O)OC1(C(C)C)CC2CC1C1CCCC21.C=C(C)C(=O)OCC(=O)OC1(C)CC2CC1C1CCCC21.C=C(C)C(=O)OCC(=O)OC1(CC)CC2CC1C1CCCC21.C=CC(=O)OCC(=O)OC1(C(C)C)CC2CC1C1CCCC21.C=CC(=O)OCC(=O)OC1(C)CC2CC1C1CCCC21.C=CC(=O)OCC(=O)OC1(CC)CC2CC1C1CCCC21. The van der Waals surface area contributed by atoms with E-state index in [9.17, 15) is 57.5 Å². The van der Waals surface area contributed by atoms with Gasteiger partial charge in [0.1, 0.15) is 33.6 Å². The summed E-state index contributed by atoms with van der Waals surface area (Å²) < 4.78 is 64.2. The van der Waals surface area contributed by atoms with Crippen LogP contribution in [0.25, 0.3) is 0 Å². The first-order valence-corrected chi connectivity index (χ1v) is 49.5. The average Bonchev–Trinajstić information content (AvgIpc) is 1.56. The first-order chi connectivity index (χ1) is 61.3. The van der Waals surface area contributed by atoms with Crippen LogP contribution in [0.4, 0.5) is 0 Å². The minimum absolute atomic E-state index is 0.292. The molecule has 18 aliphatic rings. The third-order valence-electron chi connectivity index (χ3n) is 36.3. The monoisotopic (exact) mass is 1800 g/mol. The number of carbonyl (C=O) groups excluding carboxylic acids is 12. The fourth-order valence-electron chi connectivity index (χ4n) is 31.6. The summed E-state index contributed by atoms with van der Waals surface area (Å²) in [6.07, 6.45) is 41.8. The quantitative estimate of drug-likeness (QED) is 0.0399. The number of fused-ring (bicyclic) bond motifs is 30. The van der Waals surface area contributed by atoms with Crippen LogP contribution in [-0.2, 0) is 114 Å². The Morgan fingerprint density at radius 1 is 0.295 bits per heavy atom. The Balaban J connectivity index is 0.000000132. The predicted octanol–water partition coefficient (Wildman–Crippen LogP) is 18.1. The van der Waals surface area contributed by atoms with Crippen molar-refractivity contribution < 1.29 is 114 Å². The molecule has 0 N–H and O–H groups in total. The fraction of sp³-hybridized carbons (Fsp3) is 0.771. The zero-order valence-corrected chi connectivity index (χ0v) is 79.2. The molecule has 0 aromatic carbocycles. The van der Waals surface area contributed by atoms with Gasteiger partial charge in [0.2, 0.25) is 0 Å². The number of hydrogen-bond acceptors (Lipinski definition) is 24. The second-order valence-corrected chi connectivity index (χ2v) is 43.4. The maximum absolute atomic E-state index is 12.3. The highest BCUT2D eigenvalue weighted by atomic mass is 16.6. The molecule has 18 saturated carbocycles. The van der Waals surface area contributed by atoms with Gasteiger partial charge in [0.15, 0.2) is 39.6 Å². The van der Waals surface area contributed by atoms with Crippen molar-refractivity contribution in [2.24, 2.45) is 154 Å². The van der Waals surface area contributed by atoms with E-state index in [2.05, 4.69) is 94.9 Å². The lowest BCUT2D eigenvalue weighted by molar-refractivity contribution is -0.184. The standard InChI is InChI=1S/C19H28O4.2C18H26O4.2C17H24O4.C16H22O4/c1-11(2)18(21)22-10-17(20)23-19(12(3)4)9-13-8-16(19)15-7-5-6-14(13)15;1-4-18(22-16(19)10-21-17(20)11(2)3)9-12-8-15(18)14-7-5-6-13(12)14;1-4-16(19)21-10-17(20)22-18(11(2)3)9-12-8-15(18)14-7-5-6-13(12)14;1-10(2)16(19)20-9-15(18)21-17(3)8-11-7-14(17)13-6-4-5-12(11)13;1-3-15(18)20-10-16(19)21-17(4-2)9-11-8-14(17)13-7-5-6-12(11)13;1-3-14(17)19-9-15(18)20-16(2)8-10-7-13(16)12-6-4-5-11(10)12/h12-16H,1,5-10H2,2-4H3;12-15H,2,4-10H2,1,3H3;4,11-15H,1,5-10H2,2-3H3;11-14H,1,4-9H2,2-3H3;3,11-14H,1,4-10H2,2H3;3,10-13H,1,4-9H2,2H3. The van der Waals surface area contributed by atoms with E-state index in [1.54, 1.807) is 20.8 Å². The zero-order chi connectivity index (χ0) is 93.1. The smallest absolute Gasteiger partial charge is 0.344 e. The highest BCUT2D eigenvalue weighted by molar-refractivity contribution is 5.90. The second-order valence-electron chi connectivity index (χ2n) is 43.4. The topological polar surface area (TPSA) is 316 Å². The lowest BCUT2D eigenvalue weighted by Gasteiger charge is -2.45. The molecule has 24 heteroatoms. The van der Waals surface area contributed by atoms with Gasteiger partial charge in [-0.2, -0.15) is 0 Å². The third-order valence-corrected chi connectivity index (χ3v) is 36.3. The number of rotatable bonds is 28. The van der Waals surface area contributed by atoms with Crippen LogP contribution in [0.2, 0.25) is 0 Å². The number of ether oxygens (including phenoxy) is 12. The van der Waals surface area contributed by atoms with Crippen LogP contribution < -0.4 is 0 Å². The number of carbonyl (C=O) groups is 12. The van der Waals surface area contributed by atoms with Crippen molar-refractivity contribution >= 4 is 71.6 Å². The highest BCUT2D eigenvalue weighted by Gasteiger charge is 2.69. The molecule has 18 aliphatic carbocycles. The summed E-state index contributed by atoms with van der Waals surface area (Å²) in [6, 6.07) is 0. The predicted molar refractivity (Wildman–Crippen MR) is 478 cm³/mol. The van der Waals surface area contributed by atoms with Gasteiger partial charge in [-0.1, -0.05) is 120 Å². The molecule has 30 unspecified atom stereocenters. The van der Waals surface area contributed by atoms with Crippen molar-refractivity contribution in [2.75, 3.05) is 39.6 Å². The van der Waals surface area contributed by atoms with Crippen LogP contribution in [0.1, 0.15) is 282 Å². The van der Waals surface area contributed by atoms with E-state index in [-0.39, 0.29) is 73.2 Å². The molecule has 18 rings (SSSR count). The Labute approximate surface area is 765 Å². The minimum Gasteiger partial charge on any atom is -0.457 e. The summed E-state index contributed by atoms with van der Waals surface area (Å²) in [5.41, 5.74) is -1.16. The van der Waals surface area contributed by atoms with Crippen molar-refractivity contribution in [1.82, 2.24) is 0 Å². The Kier molecular flexibility index (Phi) is 31.2. The van der Waals surface area contributed by atoms with Gasteiger partial charge in [0.05, 0.1) is 0 Å². The fourth-order valence-corrected chi connectivity index (χ4v) is 31.6. The number of esters is 12. The van der Waals surface area contributed by atoms with Crippen molar-refractivity contribution in [3.63, 3.8) is 0 Å². The van der Waals surface area contributed by atoms with Gasteiger partial charge in [0, 0.05) is 70.5 Å². The molecule has 30 atom stereocenters. The molecular formula is C105H150O24. The Hall–Kier alpha value is -7.92. The maximum Gasteiger partial charge on any atom is 0.344 e. The Bertz CT molecular complexity index is 4250. The van der Waals surface area contributed by atoms with Gasteiger partial charge in [0.25, 0.3) is 0 Å². The molecule has 0 amide bonds. The van der Waals surface area contributed by atoms with Crippen molar-refractivity contribution in [3.8, 4) is 0 Å². The highest BCUT2D eigenvalue weighted by Crippen LogP contribution is 2.70. The van der Waals surface area contributed by atoms with Crippen molar-refractivity contribution in [2.45, 2.75) is 315 Å². The van der Waals surface area contributed by atoms with Gasteiger partial charge in [-0.05, 0) is 320 Å². The molecule has 0 spiro atoms. The minimum atomic E-state index is -0.587. The third kappa shape index (κ3) is 20.5. The second kappa shape index (κ2) is 40.9. The molecule has 0 heterocycles.